The van der Waals surface area contributed by atoms with Gasteiger partial charge in [-0.2, -0.15) is 0 Å². The van der Waals surface area contributed by atoms with Crippen molar-refractivity contribution in [2.24, 2.45) is 0 Å². The lowest BCUT2D eigenvalue weighted by atomic mass is 10.2. The minimum atomic E-state index is -3.74. The van der Waals surface area contributed by atoms with Crippen LogP contribution in [0.1, 0.15) is 12.8 Å². The number of amides is 1. The summed E-state index contributed by atoms with van der Waals surface area (Å²) in [6.45, 7) is 0.398. The van der Waals surface area contributed by atoms with Crippen LogP contribution in [-0.2, 0) is 14.6 Å². The molecule has 0 aliphatic rings. The molecule has 0 spiro atoms. The molecule has 0 fully saturated rings. The smallest absolute Gasteiger partial charge is 0.288 e. The number of nitrogens with zero attached hydrogens (tertiary/aromatic N) is 1. The Morgan fingerprint density at radius 2 is 1.78 bits per heavy atom. The molecule has 0 aromatic heterocycles. The SMILES string of the molecule is CS(=O)(=O)c1cc(NCCCC(=O)Nc2ccc(Cl)cc2)ccc1[N+](=O)[O-]. The number of nitro groups is 1. The lowest BCUT2D eigenvalue weighted by Gasteiger charge is -2.09. The van der Waals surface area contributed by atoms with E-state index >= 15 is 0 Å². The first kappa shape index (κ1) is 20.7. The van der Waals surface area contributed by atoms with E-state index in [-0.39, 0.29) is 17.2 Å². The van der Waals surface area contributed by atoms with Gasteiger partial charge < -0.3 is 10.6 Å². The summed E-state index contributed by atoms with van der Waals surface area (Å²) in [4.78, 5) is 21.8. The topological polar surface area (TPSA) is 118 Å². The summed E-state index contributed by atoms with van der Waals surface area (Å²) in [5, 5.41) is 17.2. The average molecular weight is 412 g/mol. The zero-order valence-corrected chi connectivity index (χ0v) is 16.0. The predicted molar refractivity (Wildman–Crippen MR) is 104 cm³/mol. The number of sulfone groups is 1. The number of carbonyl (C=O) groups excluding carboxylic acids is 1. The third kappa shape index (κ3) is 6.22. The van der Waals surface area contributed by atoms with Crippen LogP contribution >= 0.6 is 11.6 Å². The molecule has 0 radical (unpaired) electrons. The molecule has 0 atom stereocenters. The molecule has 2 aromatic carbocycles. The fourth-order valence-corrected chi connectivity index (χ4v) is 3.30. The van der Waals surface area contributed by atoms with E-state index in [1.807, 2.05) is 0 Å². The minimum Gasteiger partial charge on any atom is -0.385 e. The highest BCUT2D eigenvalue weighted by atomic mass is 35.5. The van der Waals surface area contributed by atoms with Crippen LogP contribution in [0.15, 0.2) is 47.4 Å². The lowest BCUT2D eigenvalue weighted by molar-refractivity contribution is -0.387. The van der Waals surface area contributed by atoms with E-state index in [2.05, 4.69) is 10.6 Å². The molecule has 0 saturated heterocycles. The van der Waals surface area contributed by atoms with Crippen molar-refractivity contribution < 1.29 is 18.1 Å². The summed E-state index contributed by atoms with van der Waals surface area (Å²) in [6, 6.07) is 10.5. The van der Waals surface area contributed by atoms with Crippen LogP contribution in [-0.4, -0.2) is 32.0 Å². The molecule has 10 heteroatoms. The molecule has 2 N–H and O–H groups in total. The van der Waals surface area contributed by atoms with Crippen molar-refractivity contribution in [3.63, 3.8) is 0 Å². The van der Waals surface area contributed by atoms with Gasteiger partial charge in [0.2, 0.25) is 5.91 Å². The highest BCUT2D eigenvalue weighted by Gasteiger charge is 2.22. The van der Waals surface area contributed by atoms with Crippen LogP contribution in [0.25, 0.3) is 0 Å². The standard InChI is InChI=1S/C17H18ClN3O5S/c1-27(25,26)16-11-14(8-9-15(16)21(23)24)19-10-2-3-17(22)20-13-6-4-12(18)5-7-13/h4-9,11,19H,2-3,10H2,1H3,(H,20,22). The maximum atomic E-state index is 11.9. The van der Waals surface area contributed by atoms with Gasteiger partial charge in [0.15, 0.2) is 9.84 Å². The number of rotatable bonds is 8. The monoisotopic (exact) mass is 411 g/mol. The number of nitro benzene ring substituents is 1. The Labute approximate surface area is 161 Å². The van der Waals surface area contributed by atoms with Crippen molar-refractivity contribution in [2.75, 3.05) is 23.4 Å². The lowest BCUT2D eigenvalue weighted by Crippen LogP contribution is -2.13. The second-order valence-corrected chi connectivity index (χ2v) is 8.22. The van der Waals surface area contributed by atoms with E-state index in [1.54, 1.807) is 24.3 Å². The Morgan fingerprint density at radius 3 is 2.37 bits per heavy atom. The van der Waals surface area contributed by atoms with E-state index in [4.69, 9.17) is 11.6 Å². The molecule has 8 nitrogen and oxygen atoms in total. The van der Waals surface area contributed by atoms with Gasteiger partial charge in [0.1, 0.15) is 4.90 Å². The summed E-state index contributed by atoms with van der Waals surface area (Å²) in [5.74, 6) is -0.167. The Bertz CT molecular complexity index is 946. The number of hydrogen-bond donors (Lipinski definition) is 2. The largest absolute Gasteiger partial charge is 0.385 e. The Hall–Kier alpha value is -2.65. The van der Waals surface area contributed by atoms with Crippen LogP contribution in [0.3, 0.4) is 0 Å². The van der Waals surface area contributed by atoms with Gasteiger partial charge in [0, 0.05) is 41.7 Å². The fourth-order valence-electron chi connectivity index (χ4n) is 2.31. The maximum absolute atomic E-state index is 11.9. The van der Waals surface area contributed by atoms with Crippen molar-refractivity contribution in [1.82, 2.24) is 0 Å². The summed E-state index contributed by atoms with van der Waals surface area (Å²) >= 11 is 5.78. The first-order valence-corrected chi connectivity index (χ1v) is 10.2. The molecule has 1 amide bonds. The molecule has 2 rings (SSSR count). The molecule has 2 aromatic rings. The van der Waals surface area contributed by atoms with Crippen molar-refractivity contribution in [3.05, 3.63) is 57.6 Å². The minimum absolute atomic E-state index is 0.167. The number of halogens is 1. The molecule has 0 heterocycles. The number of hydrogen-bond acceptors (Lipinski definition) is 6. The van der Waals surface area contributed by atoms with Gasteiger partial charge in [0.05, 0.1) is 4.92 Å². The fraction of sp³-hybridized carbons (Fsp3) is 0.235. The second-order valence-electron chi connectivity index (χ2n) is 5.80. The Balaban J connectivity index is 1.89. The number of anilines is 2. The third-order valence-electron chi connectivity index (χ3n) is 3.59. The molecule has 27 heavy (non-hydrogen) atoms. The van der Waals surface area contributed by atoms with E-state index in [0.29, 0.717) is 29.4 Å². The van der Waals surface area contributed by atoms with Gasteiger partial charge in [-0.1, -0.05) is 11.6 Å². The number of benzene rings is 2. The summed E-state index contributed by atoms with van der Waals surface area (Å²) < 4.78 is 23.5. The molecular formula is C17H18ClN3O5S. The first-order chi connectivity index (χ1) is 12.7. The van der Waals surface area contributed by atoms with Gasteiger partial charge >= 0.3 is 0 Å². The Kier molecular flexibility index (Phi) is 6.75. The van der Waals surface area contributed by atoms with E-state index in [1.165, 1.54) is 12.1 Å². The van der Waals surface area contributed by atoms with E-state index in [0.717, 1.165) is 12.3 Å². The van der Waals surface area contributed by atoms with E-state index < -0.39 is 20.4 Å². The molecule has 144 valence electrons. The summed E-state index contributed by atoms with van der Waals surface area (Å²) in [5.41, 5.74) is 0.607. The number of carbonyl (C=O) groups is 1. The van der Waals surface area contributed by atoms with Crippen LogP contribution in [0.5, 0.6) is 0 Å². The normalized spacial score (nSPS) is 11.0. The van der Waals surface area contributed by atoms with Crippen LogP contribution < -0.4 is 10.6 Å². The number of nitrogens with one attached hydrogen (secondary N) is 2. The third-order valence-corrected chi connectivity index (χ3v) is 4.97. The molecule has 0 aliphatic carbocycles. The summed E-state index contributed by atoms with van der Waals surface area (Å²) in [6.07, 6.45) is 1.66. The van der Waals surface area contributed by atoms with Gasteiger partial charge in [-0.15, -0.1) is 0 Å². The molecular weight excluding hydrogens is 394 g/mol. The van der Waals surface area contributed by atoms with E-state index in [9.17, 15) is 23.3 Å². The molecule has 0 unspecified atom stereocenters. The Morgan fingerprint density at radius 1 is 1.15 bits per heavy atom. The molecule has 0 saturated carbocycles. The van der Waals surface area contributed by atoms with Gasteiger partial charge in [-0.05, 0) is 42.8 Å². The molecule has 0 aliphatic heterocycles. The maximum Gasteiger partial charge on any atom is 0.288 e. The highest BCUT2D eigenvalue weighted by Crippen LogP contribution is 2.27. The zero-order valence-electron chi connectivity index (χ0n) is 14.4. The van der Waals surface area contributed by atoms with Gasteiger partial charge in [0.25, 0.3) is 5.69 Å². The van der Waals surface area contributed by atoms with Crippen molar-refractivity contribution in [1.29, 1.82) is 0 Å². The second kappa shape index (κ2) is 8.83. The van der Waals surface area contributed by atoms with Gasteiger partial charge in [-0.3, -0.25) is 14.9 Å². The average Bonchev–Trinajstić information content (AvgIpc) is 2.59. The molecule has 0 bridgehead atoms. The van der Waals surface area contributed by atoms with Crippen molar-refractivity contribution in [2.45, 2.75) is 17.7 Å². The first-order valence-electron chi connectivity index (χ1n) is 7.94. The summed E-state index contributed by atoms with van der Waals surface area (Å²) in [7, 11) is -3.74. The van der Waals surface area contributed by atoms with Crippen LogP contribution in [0.2, 0.25) is 5.02 Å². The zero-order chi connectivity index (χ0) is 20.0. The van der Waals surface area contributed by atoms with Crippen LogP contribution in [0, 0.1) is 10.1 Å². The highest BCUT2D eigenvalue weighted by molar-refractivity contribution is 7.90. The van der Waals surface area contributed by atoms with Gasteiger partial charge in [-0.25, -0.2) is 8.42 Å². The van der Waals surface area contributed by atoms with Crippen molar-refractivity contribution >= 4 is 44.4 Å². The quantitative estimate of drug-likeness (QED) is 0.390. The predicted octanol–water partition coefficient (Wildman–Crippen LogP) is 3.48. The van der Waals surface area contributed by atoms with Crippen molar-refractivity contribution in [3.8, 4) is 0 Å². The van der Waals surface area contributed by atoms with Crippen LogP contribution in [0.4, 0.5) is 17.1 Å².